The molecular weight excluding hydrogens is 342 g/mol. The maximum atomic E-state index is 12.5. The van der Waals surface area contributed by atoms with Gasteiger partial charge in [-0.15, -0.1) is 0 Å². The van der Waals surface area contributed by atoms with Gasteiger partial charge in [-0.05, 0) is 35.1 Å². The molecule has 27 heavy (non-hydrogen) atoms. The Morgan fingerprint density at radius 2 is 1.59 bits per heavy atom. The van der Waals surface area contributed by atoms with E-state index in [-0.39, 0.29) is 24.7 Å². The van der Waals surface area contributed by atoms with Crippen molar-refractivity contribution in [1.82, 2.24) is 4.90 Å². The zero-order chi connectivity index (χ0) is 18.6. The Bertz CT molecular complexity index is 753. The molecule has 1 heterocycles. The van der Waals surface area contributed by atoms with E-state index in [1.165, 1.54) is 22.3 Å². The predicted octanol–water partition coefficient (Wildman–Crippen LogP) is 3.41. The van der Waals surface area contributed by atoms with Gasteiger partial charge in [-0.1, -0.05) is 48.5 Å². The van der Waals surface area contributed by atoms with E-state index < -0.39 is 0 Å². The second kappa shape index (κ2) is 8.11. The van der Waals surface area contributed by atoms with Crippen LogP contribution in [-0.2, 0) is 9.47 Å². The molecule has 1 aliphatic heterocycles. The standard InChI is InChI=1S/C22H25NO4/c24-13-14-26-16-9-11-23(12-10-16)22(25)27-15-21-19-7-3-1-5-17(19)18-6-2-4-8-20(18)21/h1-8,16,21,24H,9-15H2. The van der Waals surface area contributed by atoms with Crippen LogP contribution >= 0.6 is 0 Å². The molecule has 1 amide bonds. The van der Waals surface area contributed by atoms with Crippen molar-refractivity contribution in [3.63, 3.8) is 0 Å². The third-order valence-corrected chi connectivity index (χ3v) is 5.48. The van der Waals surface area contributed by atoms with Gasteiger partial charge in [0.2, 0.25) is 0 Å². The van der Waals surface area contributed by atoms with E-state index in [1.54, 1.807) is 4.90 Å². The van der Waals surface area contributed by atoms with Gasteiger partial charge in [0.05, 0.1) is 19.3 Å². The fourth-order valence-corrected chi connectivity index (χ4v) is 4.11. The van der Waals surface area contributed by atoms with Crippen molar-refractivity contribution < 1.29 is 19.4 Å². The fraction of sp³-hybridized carbons (Fsp3) is 0.409. The predicted molar refractivity (Wildman–Crippen MR) is 103 cm³/mol. The van der Waals surface area contributed by atoms with E-state index in [4.69, 9.17) is 14.6 Å². The summed E-state index contributed by atoms with van der Waals surface area (Å²) in [4.78, 5) is 14.3. The van der Waals surface area contributed by atoms with Gasteiger partial charge in [0.1, 0.15) is 6.61 Å². The first-order valence-electron chi connectivity index (χ1n) is 9.60. The number of aliphatic hydroxyl groups excluding tert-OH is 1. The zero-order valence-corrected chi connectivity index (χ0v) is 15.3. The summed E-state index contributed by atoms with van der Waals surface area (Å²) in [7, 11) is 0. The number of carbonyl (C=O) groups is 1. The molecule has 1 N–H and O–H groups in total. The van der Waals surface area contributed by atoms with Crippen LogP contribution < -0.4 is 0 Å². The molecule has 1 aliphatic carbocycles. The molecule has 0 saturated carbocycles. The van der Waals surface area contributed by atoms with E-state index in [1.807, 2.05) is 24.3 Å². The van der Waals surface area contributed by atoms with Gasteiger partial charge in [-0.2, -0.15) is 0 Å². The summed E-state index contributed by atoms with van der Waals surface area (Å²) in [6.45, 7) is 2.01. The van der Waals surface area contributed by atoms with Crippen molar-refractivity contribution in [1.29, 1.82) is 0 Å². The Hall–Kier alpha value is -2.37. The quantitative estimate of drug-likeness (QED) is 0.880. The number of aliphatic hydroxyl groups is 1. The molecule has 0 unspecified atom stereocenters. The van der Waals surface area contributed by atoms with Gasteiger partial charge in [-0.25, -0.2) is 4.79 Å². The molecule has 2 aromatic rings. The van der Waals surface area contributed by atoms with Crippen LogP contribution in [0.4, 0.5) is 4.79 Å². The average Bonchev–Trinajstić information content (AvgIpc) is 3.05. The summed E-state index contributed by atoms with van der Waals surface area (Å²) in [5.41, 5.74) is 4.91. The molecule has 0 spiro atoms. The molecule has 0 aromatic heterocycles. The maximum absolute atomic E-state index is 12.5. The second-order valence-corrected chi connectivity index (χ2v) is 7.08. The number of amides is 1. The van der Waals surface area contributed by atoms with Crippen LogP contribution in [0, 0.1) is 0 Å². The molecule has 2 aliphatic rings. The van der Waals surface area contributed by atoms with Crippen LogP contribution in [0.15, 0.2) is 48.5 Å². The van der Waals surface area contributed by atoms with E-state index in [0.717, 1.165) is 12.8 Å². The van der Waals surface area contributed by atoms with Crippen molar-refractivity contribution >= 4 is 6.09 Å². The molecular formula is C22H25NO4. The lowest BCUT2D eigenvalue weighted by Crippen LogP contribution is -2.41. The lowest BCUT2D eigenvalue weighted by atomic mass is 9.98. The number of likely N-dealkylation sites (tertiary alicyclic amines) is 1. The summed E-state index contributed by atoms with van der Waals surface area (Å²) >= 11 is 0. The van der Waals surface area contributed by atoms with Crippen molar-refractivity contribution in [2.75, 3.05) is 32.9 Å². The number of carbonyl (C=O) groups excluding carboxylic acids is 1. The number of benzene rings is 2. The van der Waals surface area contributed by atoms with Crippen molar-refractivity contribution in [3.05, 3.63) is 59.7 Å². The van der Waals surface area contributed by atoms with Gasteiger partial charge < -0.3 is 19.5 Å². The molecule has 1 fully saturated rings. The highest BCUT2D eigenvalue weighted by Gasteiger charge is 2.30. The Morgan fingerprint density at radius 1 is 1.00 bits per heavy atom. The van der Waals surface area contributed by atoms with Gasteiger partial charge >= 0.3 is 6.09 Å². The Kier molecular flexibility index (Phi) is 5.41. The Morgan fingerprint density at radius 3 is 2.19 bits per heavy atom. The lowest BCUT2D eigenvalue weighted by Gasteiger charge is -2.31. The summed E-state index contributed by atoms with van der Waals surface area (Å²) < 4.78 is 11.3. The maximum Gasteiger partial charge on any atom is 0.409 e. The summed E-state index contributed by atoms with van der Waals surface area (Å²) in [6.07, 6.45) is 1.43. The Balaban J connectivity index is 1.37. The number of fused-ring (bicyclic) bond motifs is 3. The topological polar surface area (TPSA) is 59.0 Å². The van der Waals surface area contributed by atoms with Crippen molar-refractivity contribution in [2.45, 2.75) is 24.9 Å². The highest BCUT2D eigenvalue weighted by molar-refractivity contribution is 5.79. The molecule has 2 aromatic carbocycles. The first-order chi connectivity index (χ1) is 13.3. The minimum absolute atomic E-state index is 0.0343. The van der Waals surface area contributed by atoms with Gasteiger partial charge in [0.15, 0.2) is 0 Å². The van der Waals surface area contributed by atoms with Crippen LogP contribution in [0.3, 0.4) is 0 Å². The normalized spacial score (nSPS) is 16.9. The fourth-order valence-electron chi connectivity index (χ4n) is 4.11. The van der Waals surface area contributed by atoms with E-state index >= 15 is 0 Å². The largest absolute Gasteiger partial charge is 0.448 e. The third-order valence-electron chi connectivity index (χ3n) is 5.48. The molecule has 1 saturated heterocycles. The van der Waals surface area contributed by atoms with Crippen molar-refractivity contribution in [2.24, 2.45) is 0 Å². The number of nitrogens with zero attached hydrogens (tertiary/aromatic N) is 1. The number of piperidine rings is 1. The minimum atomic E-state index is -0.252. The molecule has 5 nitrogen and oxygen atoms in total. The van der Waals surface area contributed by atoms with E-state index in [9.17, 15) is 4.79 Å². The van der Waals surface area contributed by atoms with Crippen molar-refractivity contribution in [3.8, 4) is 11.1 Å². The molecule has 0 bridgehead atoms. The molecule has 142 valence electrons. The van der Waals surface area contributed by atoms with Gasteiger partial charge in [-0.3, -0.25) is 0 Å². The third kappa shape index (κ3) is 3.70. The molecule has 0 atom stereocenters. The first-order valence-corrected chi connectivity index (χ1v) is 9.60. The highest BCUT2D eigenvalue weighted by Crippen LogP contribution is 2.44. The average molecular weight is 367 g/mol. The first kappa shape index (κ1) is 18.0. The van der Waals surface area contributed by atoms with Crippen LogP contribution in [0.1, 0.15) is 29.9 Å². The number of ether oxygens (including phenoxy) is 2. The van der Waals surface area contributed by atoms with Gasteiger partial charge in [0.25, 0.3) is 0 Å². The van der Waals surface area contributed by atoms with E-state index in [0.29, 0.717) is 26.3 Å². The van der Waals surface area contributed by atoms with Gasteiger partial charge in [0, 0.05) is 19.0 Å². The highest BCUT2D eigenvalue weighted by atomic mass is 16.6. The zero-order valence-electron chi connectivity index (χ0n) is 15.3. The lowest BCUT2D eigenvalue weighted by molar-refractivity contribution is -0.00825. The monoisotopic (exact) mass is 367 g/mol. The van der Waals surface area contributed by atoms with Crippen LogP contribution in [0.2, 0.25) is 0 Å². The smallest absolute Gasteiger partial charge is 0.409 e. The summed E-state index contributed by atoms with van der Waals surface area (Å²) in [5, 5.41) is 8.84. The molecule has 0 radical (unpaired) electrons. The SMILES string of the molecule is O=C(OCC1c2ccccc2-c2ccccc21)N1CCC(OCCO)CC1. The summed E-state index contributed by atoms with van der Waals surface area (Å²) in [6, 6.07) is 16.7. The number of rotatable bonds is 5. The van der Waals surface area contributed by atoms with Crippen LogP contribution in [0.5, 0.6) is 0 Å². The Labute approximate surface area is 159 Å². The van der Waals surface area contributed by atoms with E-state index in [2.05, 4.69) is 24.3 Å². The molecule has 4 rings (SSSR count). The van der Waals surface area contributed by atoms with Crippen LogP contribution in [0.25, 0.3) is 11.1 Å². The number of hydrogen-bond donors (Lipinski definition) is 1. The minimum Gasteiger partial charge on any atom is -0.448 e. The number of hydrogen-bond acceptors (Lipinski definition) is 4. The van der Waals surface area contributed by atoms with Crippen LogP contribution in [-0.4, -0.2) is 55.1 Å². The second-order valence-electron chi connectivity index (χ2n) is 7.08. The molecule has 5 heteroatoms. The summed E-state index contributed by atoms with van der Waals surface area (Å²) in [5.74, 6) is 0.0896.